The Hall–Kier alpha value is -2.13. The van der Waals surface area contributed by atoms with Crippen molar-refractivity contribution in [2.24, 2.45) is 5.92 Å². The van der Waals surface area contributed by atoms with Gasteiger partial charge < -0.3 is 4.90 Å². The number of benzene rings is 2. The summed E-state index contributed by atoms with van der Waals surface area (Å²) >= 11 is 0. The summed E-state index contributed by atoms with van der Waals surface area (Å²) in [5, 5.41) is 0. The van der Waals surface area contributed by atoms with Crippen LogP contribution in [-0.2, 0) is 4.79 Å². The van der Waals surface area contributed by atoms with E-state index in [2.05, 4.69) is 85.2 Å². The minimum atomic E-state index is 0.179. The van der Waals surface area contributed by atoms with Crippen LogP contribution in [0, 0.1) is 12.8 Å². The fourth-order valence-corrected chi connectivity index (χ4v) is 4.09. The number of carbonyl (C=O) groups excluding carboxylic acids is 1. The summed E-state index contributed by atoms with van der Waals surface area (Å²) in [6.45, 7) is 9.84. The summed E-state index contributed by atoms with van der Waals surface area (Å²) in [4.78, 5) is 17.3. The summed E-state index contributed by atoms with van der Waals surface area (Å²) in [7, 11) is 0. The Labute approximate surface area is 164 Å². The highest BCUT2D eigenvalue weighted by Crippen LogP contribution is 2.30. The second-order valence-corrected chi connectivity index (χ2v) is 7.60. The molecule has 1 amide bonds. The molecule has 1 fully saturated rings. The van der Waals surface area contributed by atoms with Gasteiger partial charge in [-0.1, -0.05) is 74.0 Å². The Bertz CT molecular complexity index is 714. The van der Waals surface area contributed by atoms with Crippen LogP contribution in [0.5, 0.6) is 0 Å². The minimum Gasteiger partial charge on any atom is -0.340 e. The molecule has 0 radical (unpaired) electrons. The van der Waals surface area contributed by atoms with Crippen molar-refractivity contribution in [3.63, 3.8) is 0 Å². The van der Waals surface area contributed by atoms with Crippen molar-refractivity contribution in [2.75, 3.05) is 26.2 Å². The van der Waals surface area contributed by atoms with Gasteiger partial charge in [-0.2, -0.15) is 0 Å². The monoisotopic (exact) mass is 364 g/mol. The molecule has 0 aromatic heterocycles. The Kier molecular flexibility index (Phi) is 6.68. The van der Waals surface area contributed by atoms with Gasteiger partial charge in [0.1, 0.15) is 0 Å². The quantitative estimate of drug-likeness (QED) is 0.744. The zero-order chi connectivity index (χ0) is 19.2. The molecule has 2 aromatic rings. The first kappa shape index (κ1) is 19.6. The Morgan fingerprint density at radius 3 is 1.96 bits per heavy atom. The number of carbonyl (C=O) groups is 1. The van der Waals surface area contributed by atoms with Crippen molar-refractivity contribution in [3.8, 4) is 0 Å². The smallest absolute Gasteiger partial charge is 0.225 e. The van der Waals surface area contributed by atoms with E-state index >= 15 is 0 Å². The predicted molar refractivity (Wildman–Crippen MR) is 112 cm³/mol. The number of rotatable bonds is 6. The largest absolute Gasteiger partial charge is 0.340 e. The molecule has 144 valence electrons. The van der Waals surface area contributed by atoms with Gasteiger partial charge in [-0.3, -0.25) is 9.69 Å². The van der Waals surface area contributed by atoms with Gasteiger partial charge in [-0.05, 0) is 30.9 Å². The number of nitrogens with zero attached hydrogens (tertiary/aromatic N) is 2. The summed E-state index contributed by atoms with van der Waals surface area (Å²) in [5.41, 5.74) is 3.93. The van der Waals surface area contributed by atoms with E-state index in [-0.39, 0.29) is 12.0 Å². The number of amides is 1. The highest BCUT2D eigenvalue weighted by molar-refractivity contribution is 5.78. The first-order valence-corrected chi connectivity index (χ1v) is 10.3. The van der Waals surface area contributed by atoms with Gasteiger partial charge in [-0.15, -0.1) is 0 Å². The van der Waals surface area contributed by atoms with Crippen LogP contribution in [0.15, 0.2) is 54.6 Å². The molecule has 1 heterocycles. The van der Waals surface area contributed by atoms with Crippen molar-refractivity contribution in [1.29, 1.82) is 0 Å². The van der Waals surface area contributed by atoms with Crippen molar-refractivity contribution in [3.05, 3.63) is 71.3 Å². The summed E-state index contributed by atoms with van der Waals surface area (Å²) in [6, 6.07) is 19.9. The first-order valence-electron chi connectivity index (χ1n) is 10.3. The van der Waals surface area contributed by atoms with Crippen LogP contribution in [0.25, 0.3) is 0 Å². The van der Waals surface area contributed by atoms with Gasteiger partial charge in [0.05, 0.1) is 6.04 Å². The minimum absolute atomic E-state index is 0.179. The second-order valence-electron chi connectivity index (χ2n) is 7.60. The molecular formula is C24H32N2O. The number of hydrogen-bond donors (Lipinski definition) is 0. The zero-order valence-corrected chi connectivity index (χ0v) is 16.9. The fourth-order valence-electron chi connectivity index (χ4n) is 4.09. The zero-order valence-electron chi connectivity index (χ0n) is 16.9. The lowest BCUT2D eigenvalue weighted by Gasteiger charge is -2.40. The molecule has 3 rings (SSSR count). The first-order chi connectivity index (χ1) is 13.1. The third-order valence-electron chi connectivity index (χ3n) is 5.83. The standard InChI is InChI=1S/C24H32N2O/c1-4-20(5-2)24(27)26-17-15-25(16-18-26)23(21-9-7-6-8-10-21)22-13-11-19(3)12-14-22/h6-14,20,23H,4-5,15-18H2,1-3H3/t23-/m0/s1. The van der Waals surface area contributed by atoms with E-state index in [0.717, 1.165) is 39.0 Å². The lowest BCUT2D eigenvalue weighted by Crippen LogP contribution is -2.51. The van der Waals surface area contributed by atoms with E-state index in [1.54, 1.807) is 0 Å². The molecule has 0 unspecified atom stereocenters. The van der Waals surface area contributed by atoms with Crippen LogP contribution in [0.3, 0.4) is 0 Å². The van der Waals surface area contributed by atoms with Gasteiger partial charge in [0.15, 0.2) is 0 Å². The van der Waals surface area contributed by atoms with E-state index in [4.69, 9.17) is 0 Å². The van der Waals surface area contributed by atoms with Gasteiger partial charge in [-0.25, -0.2) is 0 Å². The van der Waals surface area contributed by atoms with E-state index < -0.39 is 0 Å². The van der Waals surface area contributed by atoms with Gasteiger partial charge in [0.2, 0.25) is 5.91 Å². The van der Waals surface area contributed by atoms with E-state index in [9.17, 15) is 4.79 Å². The highest BCUT2D eigenvalue weighted by Gasteiger charge is 2.29. The molecule has 27 heavy (non-hydrogen) atoms. The summed E-state index contributed by atoms with van der Waals surface area (Å²) < 4.78 is 0. The number of piperazine rings is 1. The third kappa shape index (κ3) is 4.59. The normalized spacial score (nSPS) is 16.5. The van der Waals surface area contributed by atoms with E-state index in [1.165, 1.54) is 16.7 Å². The Morgan fingerprint density at radius 2 is 1.41 bits per heavy atom. The summed E-state index contributed by atoms with van der Waals surface area (Å²) in [5.74, 6) is 0.518. The molecule has 0 N–H and O–H groups in total. The lowest BCUT2D eigenvalue weighted by molar-refractivity contribution is -0.137. The molecule has 0 bridgehead atoms. The van der Waals surface area contributed by atoms with Crippen molar-refractivity contribution in [1.82, 2.24) is 9.80 Å². The molecule has 1 aliphatic heterocycles. The molecular weight excluding hydrogens is 332 g/mol. The Morgan fingerprint density at radius 1 is 0.852 bits per heavy atom. The van der Waals surface area contributed by atoms with Gasteiger partial charge in [0, 0.05) is 32.1 Å². The molecule has 0 spiro atoms. The lowest BCUT2D eigenvalue weighted by atomic mass is 9.95. The molecule has 3 heteroatoms. The molecule has 3 nitrogen and oxygen atoms in total. The highest BCUT2D eigenvalue weighted by atomic mass is 16.2. The van der Waals surface area contributed by atoms with Crippen LogP contribution >= 0.6 is 0 Å². The predicted octanol–water partition coefficient (Wildman–Crippen LogP) is 4.66. The number of hydrogen-bond acceptors (Lipinski definition) is 2. The fraction of sp³-hybridized carbons (Fsp3) is 0.458. The van der Waals surface area contributed by atoms with Crippen LogP contribution in [0.4, 0.5) is 0 Å². The topological polar surface area (TPSA) is 23.6 Å². The second kappa shape index (κ2) is 9.18. The maximum absolute atomic E-state index is 12.7. The van der Waals surface area contributed by atoms with Crippen LogP contribution in [0.1, 0.15) is 49.4 Å². The van der Waals surface area contributed by atoms with Crippen molar-refractivity contribution >= 4 is 5.91 Å². The number of aryl methyl sites for hydroxylation is 1. The third-order valence-corrected chi connectivity index (χ3v) is 5.83. The molecule has 0 saturated carbocycles. The maximum Gasteiger partial charge on any atom is 0.225 e. The van der Waals surface area contributed by atoms with E-state index in [0.29, 0.717) is 5.91 Å². The molecule has 1 atom stereocenters. The van der Waals surface area contributed by atoms with E-state index in [1.807, 2.05) is 0 Å². The van der Waals surface area contributed by atoms with Crippen molar-refractivity contribution < 1.29 is 4.79 Å². The Balaban J connectivity index is 1.77. The SMILES string of the molecule is CCC(CC)C(=O)N1CCN([C@@H](c2ccccc2)c2ccc(C)cc2)CC1. The average molecular weight is 365 g/mol. The molecule has 2 aromatic carbocycles. The van der Waals surface area contributed by atoms with Crippen molar-refractivity contribution in [2.45, 2.75) is 39.7 Å². The molecule has 0 aliphatic carbocycles. The van der Waals surface area contributed by atoms with Crippen LogP contribution < -0.4 is 0 Å². The summed E-state index contributed by atoms with van der Waals surface area (Å²) in [6.07, 6.45) is 1.87. The maximum atomic E-state index is 12.7. The van der Waals surface area contributed by atoms with Crippen LogP contribution in [-0.4, -0.2) is 41.9 Å². The van der Waals surface area contributed by atoms with Crippen LogP contribution in [0.2, 0.25) is 0 Å². The van der Waals surface area contributed by atoms with Gasteiger partial charge >= 0.3 is 0 Å². The molecule has 1 saturated heterocycles. The average Bonchev–Trinajstić information content (AvgIpc) is 2.72. The van der Waals surface area contributed by atoms with Gasteiger partial charge in [0.25, 0.3) is 0 Å². The molecule has 1 aliphatic rings.